The number of halogens is 21. The van der Waals surface area contributed by atoms with Crippen LogP contribution < -0.4 is 0 Å². The molecule has 0 aliphatic heterocycles. The molecule has 0 fully saturated rings. The van der Waals surface area contributed by atoms with Gasteiger partial charge in [-0.05, 0) is 0 Å². The fourth-order valence-electron chi connectivity index (χ4n) is 1.48. The van der Waals surface area contributed by atoms with E-state index in [4.69, 9.17) is 0 Å². The van der Waals surface area contributed by atoms with Crippen LogP contribution in [-0.2, 0) is 0 Å². The molecule has 0 aromatic heterocycles. The van der Waals surface area contributed by atoms with E-state index in [1.165, 1.54) is 3.92 Å². The Morgan fingerprint density at radius 3 is 0.774 bits per heavy atom. The van der Waals surface area contributed by atoms with Gasteiger partial charge in [0.1, 0.15) is 12.8 Å². The summed E-state index contributed by atoms with van der Waals surface area (Å²) in [6.07, 6.45) is 0. The molecule has 0 aromatic carbocycles. The average Bonchev–Trinajstić information content (AvgIpc) is 2.50. The van der Waals surface area contributed by atoms with Gasteiger partial charge >= 0.3 is 0 Å². The second-order valence-electron chi connectivity index (χ2n) is 5.33. The molecule has 0 unspecified atom stereocenters. The van der Waals surface area contributed by atoms with Gasteiger partial charge in [0.2, 0.25) is 0 Å². The predicted octanol–water partition coefficient (Wildman–Crippen LogP) is 16.8. The summed E-state index contributed by atoms with van der Waals surface area (Å²) in [7, 11) is 0. The van der Waals surface area contributed by atoms with Gasteiger partial charge in [-0.1, -0.05) is 474 Å². The molecule has 0 nitrogen and oxygen atoms in total. The van der Waals surface area contributed by atoms with Crippen LogP contribution in [0.3, 0.4) is 0 Å². The first-order valence-electron chi connectivity index (χ1n) is 6.22. The van der Waals surface area contributed by atoms with Crippen molar-refractivity contribution in [3.63, 3.8) is 0 Å². The Bertz CT molecular complexity index is 646. The topological polar surface area (TPSA) is 0 Å². The maximum absolute atomic E-state index is 2.76. The second-order valence-corrected chi connectivity index (χ2v) is 65.6. The minimum Gasteiger partial charge on any atom is -0.0716 e. The zero-order chi connectivity index (χ0) is 26.1. The smallest absolute Gasteiger partial charge is 0.0716 e. The van der Waals surface area contributed by atoms with Crippen LogP contribution in [0, 0.1) is 3.92 Å². The van der Waals surface area contributed by atoms with Crippen LogP contribution in [0.4, 0.5) is 0 Å². The Balaban J connectivity index is 6.84. The van der Waals surface area contributed by atoms with Gasteiger partial charge in [-0.3, -0.25) is 0 Å². The lowest BCUT2D eigenvalue weighted by Gasteiger charge is -2.58. The predicted molar refractivity (Wildman–Crippen MR) is 322 cm³/mol. The third kappa shape index (κ3) is 10.4. The van der Waals surface area contributed by atoms with Crippen LogP contribution in [0.1, 0.15) is 0 Å². The molecular formula is C10I21. The Hall–Kier alpha value is 15.3. The van der Waals surface area contributed by atoms with E-state index < -0.39 is 0 Å². The van der Waals surface area contributed by atoms with Crippen LogP contribution in [0.2, 0.25) is 0 Å². The number of hydrogen-bond acceptors (Lipinski definition) is 0. The number of rotatable bonds is 9. The average molecular weight is 2790 g/mol. The Labute approximate surface area is 471 Å². The highest BCUT2D eigenvalue weighted by Gasteiger charge is 2.77. The van der Waals surface area contributed by atoms with Crippen LogP contribution in [0.15, 0.2) is 0 Å². The second kappa shape index (κ2) is 17.0. The van der Waals surface area contributed by atoms with Crippen molar-refractivity contribution in [2.75, 3.05) is 0 Å². The lowest BCUT2D eigenvalue weighted by atomic mass is 10.1. The molecule has 0 aliphatic carbocycles. The molecule has 0 saturated carbocycles. The molecule has 0 rings (SSSR count). The quantitative estimate of drug-likeness (QED) is 0.159. The van der Waals surface area contributed by atoms with Gasteiger partial charge in [-0.15, -0.1) is 0 Å². The molecule has 0 heterocycles. The monoisotopic (exact) mass is 2780 g/mol. The van der Waals surface area contributed by atoms with Crippen LogP contribution in [-0.4, -0.2) is 8.87 Å². The summed E-state index contributed by atoms with van der Waals surface area (Å²) in [5, 5.41) is 0. The zero-order valence-electron chi connectivity index (χ0n) is 12.9. The molecule has 1 radical (unpaired) electrons. The van der Waals surface area contributed by atoms with Crippen molar-refractivity contribution in [1.82, 2.24) is 0 Å². The Morgan fingerprint density at radius 2 is 0.548 bits per heavy atom. The molecule has 0 bridgehead atoms. The molecule has 0 amide bonds. The van der Waals surface area contributed by atoms with Gasteiger partial charge < -0.3 is 0 Å². The number of alkyl halides is 20. The summed E-state index contributed by atoms with van der Waals surface area (Å²) >= 11 is 56.3. The lowest BCUT2D eigenvalue weighted by molar-refractivity contribution is 0.679. The van der Waals surface area contributed by atoms with E-state index in [0.717, 1.165) is 0 Å². The van der Waals surface area contributed by atoms with E-state index >= 15 is 0 Å². The van der Waals surface area contributed by atoms with E-state index in [0.29, 0.717) is 0 Å². The van der Waals surface area contributed by atoms with Crippen LogP contribution in [0.5, 0.6) is 0 Å². The van der Waals surface area contributed by atoms with E-state index in [1.807, 2.05) is 0 Å². The van der Waals surface area contributed by atoms with Crippen molar-refractivity contribution in [1.29, 1.82) is 0 Å². The summed E-state index contributed by atoms with van der Waals surface area (Å²) in [6, 6.07) is 0. The molecule has 21 heteroatoms. The zero-order valence-corrected chi connectivity index (χ0v) is 58.2. The highest BCUT2D eigenvalue weighted by atomic mass is 127. The summed E-state index contributed by atoms with van der Waals surface area (Å²) in [5.74, 6) is 0. The van der Waals surface area contributed by atoms with Gasteiger partial charge in [0.05, 0.1) is 0 Å². The van der Waals surface area contributed by atoms with Crippen molar-refractivity contribution in [2.45, 2.75) is 8.87 Å². The minimum absolute atomic E-state index is 0.00107. The highest BCUT2D eigenvalue weighted by Crippen LogP contribution is 2.80. The Morgan fingerprint density at radius 1 is 0.323 bits per heavy atom. The maximum atomic E-state index is 2.76. The fraction of sp³-hybridized carbons (Fsp3) is 0.900. The lowest BCUT2D eigenvalue weighted by Crippen LogP contribution is -2.67. The summed E-state index contributed by atoms with van der Waals surface area (Å²) in [6.45, 7) is 0. The van der Waals surface area contributed by atoms with Gasteiger partial charge in [0.15, 0.2) is 0 Å². The summed E-state index contributed by atoms with van der Waals surface area (Å²) < 4.78 is 1.09. The molecule has 187 valence electrons. The summed E-state index contributed by atoms with van der Waals surface area (Å²) in [4.78, 5) is 0. The van der Waals surface area contributed by atoms with Gasteiger partial charge in [-0.25, -0.2) is 0 Å². The maximum Gasteiger partial charge on any atom is 0.149 e. The molecule has 0 atom stereocenters. The van der Waals surface area contributed by atoms with E-state index in [9.17, 15) is 0 Å². The van der Waals surface area contributed by atoms with Crippen molar-refractivity contribution >= 4 is 474 Å². The van der Waals surface area contributed by atoms with Crippen molar-refractivity contribution in [2.24, 2.45) is 0 Å². The summed E-state index contributed by atoms with van der Waals surface area (Å²) in [5.41, 5.74) is 0. The third-order valence-electron chi connectivity index (χ3n) is 3.25. The normalized spacial score (nSPS) is 16.8. The molecule has 0 spiro atoms. The SMILES string of the molecule is I[C](C(I)(I)I)C(I)(I)C(I)(I)C(I)(I)C(I)(I)C(I)(I)C(I)(I)C(I)(I)C(I)(I)I. The van der Waals surface area contributed by atoms with Crippen molar-refractivity contribution < 1.29 is 0 Å². The first-order valence-corrected chi connectivity index (χ1v) is 28.9. The first kappa shape index (κ1) is 46.3. The van der Waals surface area contributed by atoms with Crippen molar-refractivity contribution in [3.8, 4) is 0 Å². The fourth-order valence-corrected chi connectivity index (χ4v) is 32.1. The number of hydrogen-bond donors (Lipinski definition) is 0. The van der Waals surface area contributed by atoms with Crippen LogP contribution >= 0.6 is 474 Å². The van der Waals surface area contributed by atoms with E-state index in [1.54, 1.807) is 0 Å². The van der Waals surface area contributed by atoms with E-state index in [2.05, 4.69) is 474 Å². The third-order valence-corrected chi connectivity index (χ3v) is 67.1. The highest BCUT2D eigenvalue weighted by molar-refractivity contribution is 14.3. The molecule has 0 aliphatic rings. The van der Waals surface area contributed by atoms with Gasteiger partial charge in [0.25, 0.3) is 0 Å². The first-order chi connectivity index (χ1) is 12.9. The van der Waals surface area contributed by atoms with E-state index in [-0.39, 0.29) is 8.87 Å². The molecular weight excluding hydrogens is 2790 g/mol. The van der Waals surface area contributed by atoms with Crippen molar-refractivity contribution in [3.05, 3.63) is 3.92 Å². The molecule has 31 heavy (non-hydrogen) atoms. The Kier molecular flexibility index (Phi) is 25.4. The van der Waals surface area contributed by atoms with Crippen LogP contribution in [0.25, 0.3) is 0 Å². The largest absolute Gasteiger partial charge is 0.149 e. The molecule has 0 saturated heterocycles. The standard InChI is InChI=1S/C10I21/c11-1(3(14,15)16)2(12,13)4(17,18)5(19,20)6(21,22)7(23,24)8(25,26)9(27,28)10(29,30)31. The molecule has 0 aromatic rings. The minimum atomic E-state index is -0.0950. The van der Waals surface area contributed by atoms with Gasteiger partial charge in [0, 0.05) is 0 Å². The molecule has 0 N–H and O–H groups in total. The van der Waals surface area contributed by atoms with Gasteiger partial charge in [-0.2, -0.15) is 0 Å².